The maximum absolute atomic E-state index is 12.4. The number of aryl methyl sites for hydroxylation is 5. The molecule has 0 heterocycles. The zero-order valence-electron chi connectivity index (χ0n) is 49.7. The Morgan fingerprint density at radius 2 is 0.645 bits per heavy atom. The Bertz CT molecular complexity index is 4040. The van der Waals surface area contributed by atoms with Gasteiger partial charge in [-0.2, -0.15) is 8.42 Å². The van der Waals surface area contributed by atoms with Crippen LogP contribution in [0.4, 0.5) is 0 Å². The molecule has 0 spiro atoms. The van der Waals surface area contributed by atoms with Crippen molar-refractivity contribution >= 4 is 140 Å². The Hall–Kier alpha value is -7.16. The van der Waals surface area contributed by atoms with Gasteiger partial charge in [0.2, 0.25) is 29.3 Å². The molecule has 38 heteroatoms. The Kier molecular flexibility index (Phi) is 40.9. The minimum absolute atomic E-state index is 0. The minimum Gasteiger partial charge on any atom is -0.497 e. The number of aliphatic hydroxyl groups is 1. The molecule has 7 aromatic carbocycles. The smallest absolute Gasteiger partial charge is 0.353 e. The third kappa shape index (κ3) is 37.4. The van der Waals surface area contributed by atoms with E-state index in [-0.39, 0.29) is 53.8 Å². The third-order valence-electron chi connectivity index (χ3n) is 10.5. The highest BCUT2D eigenvalue weighted by Crippen LogP contribution is 2.24. The molecule has 0 aliphatic rings. The fraction of sp³-hybridized carbons (Fsp3) is 0.145. The van der Waals surface area contributed by atoms with Crippen molar-refractivity contribution in [1.29, 1.82) is 0 Å². The Labute approximate surface area is 561 Å². The summed E-state index contributed by atoms with van der Waals surface area (Å²) in [5.41, 5.74) is 3.60. The van der Waals surface area contributed by atoms with Crippen molar-refractivity contribution in [3.63, 3.8) is 0 Å². The van der Waals surface area contributed by atoms with Crippen LogP contribution in [0.1, 0.15) is 85.2 Å². The van der Waals surface area contributed by atoms with Crippen molar-refractivity contribution in [3.05, 3.63) is 213 Å². The number of ketones is 1. The maximum Gasteiger partial charge on any atom is 0.353 e. The first-order chi connectivity index (χ1) is 42.1. The highest BCUT2D eigenvalue weighted by Gasteiger charge is 2.19. The van der Waals surface area contributed by atoms with E-state index in [4.69, 9.17) is 83.8 Å². The number of primary sulfonamides is 2. The quantitative estimate of drug-likeness (QED) is 0.0312. The Morgan fingerprint density at radius 1 is 0.409 bits per heavy atom. The lowest BCUT2D eigenvalue weighted by Crippen LogP contribution is -2.15. The van der Waals surface area contributed by atoms with Gasteiger partial charge in [0.05, 0.1) is 56.1 Å². The molecular formula is C55H62Cl5N3O24S6. The van der Waals surface area contributed by atoms with Gasteiger partial charge in [-0.3, -0.25) is 9.35 Å². The van der Waals surface area contributed by atoms with Crippen LogP contribution >= 0.6 is 53.4 Å². The molecule has 512 valence electrons. The van der Waals surface area contributed by atoms with Crippen LogP contribution in [-0.4, -0.2) is 127 Å². The lowest BCUT2D eigenvalue weighted by Gasteiger charge is -2.07. The van der Waals surface area contributed by atoms with Gasteiger partial charge in [-0.1, -0.05) is 66.2 Å². The normalized spacial score (nSPS) is 10.4. The van der Waals surface area contributed by atoms with Crippen LogP contribution in [0, 0.1) is 34.6 Å². The molecule has 0 unspecified atom stereocenters. The SMILES string of the molecule is CO.COc1ccc(C(=O)c2ccc(C)c(S(N)(=O)=O)c2)cc1.COc1ccccc1.Cc1ccc(C(=O)O)cc1.Cc1ccc(C(=O)O)cc1S(=O)(=O)Cl.Cc1ccc(C(=O)O)cc1S(=O)(=O)Cl.Cc1ccc(C(=O)O)cc1S(N)(=O)=O.N.O=S(=O)(O)Cl.O=S(Cl)Cl. The molecule has 0 aliphatic heterocycles. The van der Waals surface area contributed by atoms with Gasteiger partial charge in [0, 0.05) is 71.6 Å². The Morgan fingerprint density at radius 3 is 0.903 bits per heavy atom. The highest BCUT2D eigenvalue weighted by atomic mass is 36.0. The first-order valence-corrected chi connectivity index (χ1v) is 36.9. The van der Waals surface area contributed by atoms with Gasteiger partial charge in [-0.25, -0.2) is 67.3 Å². The van der Waals surface area contributed by atoms with Gasteiger partial charge in [0.15, 0.2) is 5.78 Å². The summed E-state index contributed by atoms with van der Waals surface area (Å²) < 4.78 is 133. The molecule has 0 amide bonds. The number of aliphatic hydroxyl groups excluding tert-OH is 1. The average Bonchev–Trinajstić information content (AvgIpc) is 0.858. The van der Waals surface area contributed by atoms with E-state index in [1.807, 2.05) is 37.3 Å². The molecule has 0 bridgehead atoms. The first kappa shape index (κ1) is 90.0. The van der Waals surface area contributed by atoms with E-state index in [9.17, 15) is 57.6 Å². The number of halogens is 5. The second-order valence-electron chi connectivity index (χ2n) is 17.1. The summed E-state index contributed by atoms with van der Waals surface area (Å²) in [7, 11) is 6.19. The molecule has 0 saturated heterocycles. The predicted molar refractivity (Wildman–Crippen MR) is 352 cm³/mol. The van der Waals surface area contributed by atoms with E-state index in [2.05, 4.69) is 32.0 Å². The molecule has 13 N–H and O–H groups in total. The van der Waals surface area contributed by atoms with Crippen molar-refractivity contribution < 1.29 is 110 Å². The van der Waals surface area contributed by atoms with Crippen LogP contribution in [0.15, 0.2) is 171 Å². The average molecular weight is 1520 g/mol. The van der Waals surface area contributed by atoms with E-state index in [1.54, 1.807) is 95.5 Å². The zero-order chi connectivity index (χ0) is 71.9. The number of rotatable bonds is 12. The lowest BCUT2D eigenvalue weighted by atomic mass is 10.0. The summed E-state index contributed by atoms with van der Waals surface area (Å²) >= 11 is 0. The fourth-order valence-electron chi connectivity index (χ4n) is 6.24. The number of carboxylic acid groups (broad SMARTS) is 4. The van der Waals surface area contributed by atoms with Crippen LogP contribution in [0.25, 0.3) is 0 Å². The topological polar surface area (TPSA) is 500 Å². The summed E-state index contributed by atoms with van der Waals surface area (Å²) in [6, 6.07) is 38.8. The second kappa shape index (κ2) is 42.2. The number of hydrogen-bond acceptors (Lipinski definition) is 20. The van der Waals surface area contributed by atoms with Gasteiger partial charge >= 0.3 is 33.2 Å². The Balaban J connectivity index is -0.00000103. The molecule has 0 fully saturated rings. The number of sulfonamides is 2. The van der Waals surface area contributed by atoms with Crippen molar-refractivity contribution in [2.75, 3.05) is 21.3 Å². The number of para-hydroxylation sites is 1. The first-order valence-electron chi connectivity index (χ1n) is 24.2. The lowest BCUT2D eigenvalue weighted by molar-refractivity contribution is 0.0685. The number of methoxy groups -OCH3 is 2. The molecule has 93 heavy (non-hydrogen) atoms. The van der Waals surface area contributed by atoms with Crippen LogP contribution in [0.3, 0.4) is 0 Å². The molecule has 0 radical (unpaired) electrons. The number of aromatic carboxylic acids is 4. The molecule has 0 aromatic heterocycles. The molecule has 0 atom stereocenters. The molecular weight excluding hydrogens is 1460 g/mol. The predicted octanol–water partition coefficient (Wildman–Crippen LogP) is 9.69. The number of hydrogen-bond donors (Lipinski definition) is 9. The van der Waals surface area contributed by atoms with Crippen LogP contribution < -0.4 is 25.9 Å². The highest BCUT2D eigenvalue weighted by molar-refractivity contribution is 8.26. The van der Waals surface area contributed by atoms with Crippen molar-refractivity contribution in [2.24, 2.45) is 10.3 Å². The number of benzene rings is 7. The van der Waals surface area contributed by atoms with Crippen LogP contribution in [0.5, 0.6) is 11.5 Å². The molecule has 0 saturated carbocycles. The van der Waals surface area contributed by atoms with Gasteiger partial charge < -0.3 is 41.2 Å². The van der Waals surface area contributed by atoms with Crippen LogP contribution in [0.2, 0.25) is 0 Å². The van der Waals surface area contributed by atoms with E-state index in [0.717, 1.165) is 36.6 Å². The summed E-state index contributed by atoms with van der Waals surface area (Å²) in [5, 5.41) is 51.4. The third-order valence-corrected chi connectivity index (χ3v) is 15.6. The van der Waals surface area contributed by atoms with Gasteiger partial charge in [0.1, 0.15) is 11.5 Å². The van der Waals surface area contributed by atoms with E-state index >= 15 is 0 Å². The summed E-state index contributed by atoms with van der Waals surface area (Å²) in [4.78, 5) is 53.8. The van der Waals surface area contributed by atoms with Crippen molar-refractivity contribution in [2.45, 2.75) is 54.2 Å². The number of nitrogens with two attached hydrogens (primary N) is 2. The van der Waals surface area contributed by atoms with E-state index < -0.39 is 80.6 Å². The maximum atomic E-state index is 12.4. The number of carbonyl (C=O) groups is 5. The zero-order valence-corrected chi connectivity index (χ0v) is 58.3. The van der Waals surface area contributed by atoms with E-state index in [0.29, 0.717) is 39.1 Å². The summed E-state index contributed by atoms with van der Waals surface area (Å²) in [6.07, 6.45) is 0. The van der Waals surface area contributed by atoms with Gasteiger partial charge in [-0.15, -0.1) is 0 Å². The fourth-order valence-corrected chi connectivity index (χ4v) is 10.3. The molecule has 27 nitrogen and oxygen atoms in total. The number of carboxylic acids is 4. The molecule has 0 aliphatic carbocycles. The number of ether oxygens (including phenoxy) is 2. The van der Waals surface area contributed by atoms with E-state index in [1.165, 1.54) is 49.6 Å². The molecule has 7 rings (SSSR count). The monoisotopic (exact) mass is 1520 g/mol. The minimum atomic E-state index is -4.19. The molecule has 7 aromatic rings. The van der Waals surface area contributed by atoms with Crippen LogP contribution in [-0.2, 0) is 56.7 Å². The van der Waals surface area contributed by atoms with Crippen molar-refractivity contribution in [1.82, 2.24) is 6.15 Å². The van der Waals surface area contributed by atoms with Gasteiger partial charge in [-0.05, 0) is 148 Å². The number of carbonyl (C=O) groups excluding carboxylic acids is 1. The standard InChI is InChI=1S/C15H15NO4S.2C8H7ClO4S.C8H9NO4S.C8H8O2.C7H8O.CH4O.Cl2OS.ClHO3S.H3N/c1-10-3-4-12(9-14(10)21(16,18)19)15(17)11-5-7-13(20-2)8-6-11;3*1-5-2-3-6(8(10)11)4-7(5)14(9,12)13;1-6-2-4-7(5-3-6)8(9)10;1-8-7-5-3-2-4-6-7;1-2;1-4(2)3;1-5(2,3)4;/h3-9H,1-2H3,(H2,16,18,19);2*2-4H,1H3,(H,10,11);2-4H,1H3,(H,10,11)(H2,9,12,13);2-5H,1H3,(H,9,10);2-6H,1H3;2H,1H3;;(H,2,3,4);1H3. The largest absolute Gasteiger partial charge is 0.497 e. The summed E-state index contributed by atoms with van der Waals surface area (Å²) in [6.45, 7) is 8.18. The van der Waals surface area contributed by atoms with Crippen molar-refractivity contribution in [3.8, 4) is 11.5 Å². The summed E-state index contributed by atoms with van der Waals surface area (Å²) in [5.74, 6) is -3.16. The van der Waals surface area contributed by atoms with Gasteiger partial charge in [0.25, 0.3) is 18.1 Å². The second-order valence-corrected chi connectivity index (χ2v) is 29.8.